The average molecular weight is 723 g/mol. The van der Waals surface area contributed by atoms with Gasteiger partial charge in [0.05, 0.1) is 13.2 Å². The largest absolute Gasteiger partial charge is 0.472 e. The van der Waals surface area contributed by atoms with Gasteiger partial charge in [-0.25, -0.2) is 4.57 Å². The molecular weight excluding hydrogens is 651 g/mol. The maximum Gasteiger partial charge on any atom is 0.472 e. The summed E-state index contributed by atoms with van der Waals surface area (Å²) in [5, 5.41) is 0. The van der Waals surface area contributed by atoms with E-state index in [9.17, 15) is 19.0 Å². The van der Waals surface area contributed by atoms with Gasteiger partial charge in [0.1, 0.15) is 6.61 Å². The number of rotatable bonds is 35. The van der Waals surface area contributed by atoms with Crippen LogP contribution in [0, 0.1) is 0 Å². The molecule has 0 spiro atoms. The van der Waals surface area contributed by atoms with Gasteiger partial charge in [0.15, 0.2) is 6.10 Å². The van der Waals surface area contributed by atoms with E-state index in [1.54, 1.807) is 6.92 Å². The van der Waals surface area contributed by atoms with Crippen molar-refractivity contribution in [1.29, 1.82) is 0 Å². The number of hydrogen-bond acceptors (Lipinski definition) is 7. The fourth-order valence-electron chi connectivity index (χ4n) is 4.97. The van der Waals surface area contributed by atoms with E-state index in [1.807, 2.05) is 0 Å². The summed E-state index contributed by atoms with van der Waals surface area (Å²) < 4.78 is 32.5. The Morgan fingerprint density at radius 1 is 0.560 bits per heavy atom. The Balaban J connectivity index is 4.17. The van der Waals surface area contributed by atoms with Gasteiger partial charge in [0, 0.05) is 12.8 Å². The third-order valence-corrected chi connectivity index (χ3v) is 8.85. The zero-order valence-electron chi connectivity index (χ0n) is 31.8. The Hall–Kier alpha value is -2.25. The first-order valence-corrected chi connectivity index (χ1v) is 21.1. The van der Waals surface area contributed by atoms with E-state index in [0.29, 0.717) is 6.42 Å². The van der Waals surface area contributed by atoms with Crippen LogP contribution in [0.2, 0.25) is 0 Å². The zero-order chi connectivity index (χ0) is 36.8. The van der Waals surface area contributed by atoms with Gasteiger partial charge >= 0.3 is 19.8 Å². The van der Waals surface area contributed by atoms with Crippen LogP contribution in [0.1, 0.15) is 162 Å². The normalized spacial score (nSPS) is 14.1. The third kappa shape index (κ3) is 35.6. The number of phosphoric ester groups is 1. The maximum atomic E-state index is 12.5. The van der Waals surface area contributed by atoms with Crippen molar-refractivity contribution in [2.45, 2.75) is 168 Å². The number of phosphoric acid groups is 1. The van der Waals surface area contributed by atoms with E-state index in [-0.39, 0.29) is 32.0 Å². The predicted molar refractivity (Wildman–Crippen MR) is 207 cm³/mol. The summed E-state index contributed by atoms with van der Waals surface area (Å²) in [6.45, 7) is 5.25. The smallest absolute Gasteiger partial charge is 0.462 e. The number of carbonyl (C=O) groups excluding carboxylic acids is 2. The Morgan fingerprint density at radius 2 is 1.02 bits per heavy atom. The van der Waals surface area contributed by atoms with Crippen molar-refractivity contribution in [2.75, 3.05) is 19.8 Å². The molecule has 0 radical (unpaired) electrons. The monoisotopic (exact) mass is 722 g/mol. The third-order valence-electron chi connectivity index (χ3n) is 7.79. The van der Waals surface area contributed by atoms with Crippen LogP contribution in [-0.2, 0) is 32.7 Å². The minimum Gasteiger partial charge on any atom is -0.462 e. The van der Waals surface area contributed by atoms with Crippen molar-refractivity contribution in [3.8, 4) is 0 Å². The molecule has 0 rings (SSSR count). The van der Waals surface area contributed by atoms with Crippen molar-refractivity contribution in [3.63, 3.8) is 0 Å². The molecule has 0 aliphatic carbocycles. The first-order valence-electron chi connectivity index (χ1n) is 19.6. The Kier molecular flexibility index (Phi) is 34.9. The second kappa shape index (κ2) is 36.5. The quantitative estimate of drug-likeness (QED) is 0.0298. The molecule has 0 aliphatic rings. The lowest BCUT2D eigenvalue weighted by atomic mass is 10.1. The lowest BCUT2D eigenvalue weighted by Gasteiger charge is -2.19. The second-order valence-corrected chi connectivity index (χ2v) is 14.0. The first kappa shape index (κ1) is 47.8. The molecule has 0 amide bonds. The van der Waals surface area contributed by atoms with Gasteiger partial charge in [-0.2, -0.15) is 0 Å². The predicted octanol–water partition coefficient (Wildman–Crippen LogP) is 12.0. The summed E-state index contributed by atoms with van der Waals surface area (Å²) in [6, 6.07) is 0. The second-order valence-electron chi connectivity index (χ2n) is 12.6. The minimum atomic E-state index is -4.28. The van der Waals surface area contributed by atoms with Crippen molar-refractivity contribution < 1.29 is 37.6 Å². The lowest BCUT2D eigenvalue weighted by molar-refractivity contribution is -0.161. The minimum absolute atomic E-state index is 0.00681. The Morgan fingerprint density at radius 3 is 1.54 bits per heavy atom. The number of allylic oxidation sites excluding steroid dienone is 10. The highest BCUT2D eigenvalue weighted by molar-refractivity contribution is 7.47. The van der Waals surface area contributed by atoms with Crippen LogP contribution in [0.15, 0.2) is 60.8 Å². The molecule has 288 valence electrons. The summed E-state index contributed by atoms with van der Waals surface area (Å²) in [7, 11) is -4.28. The fourth-order valence-corrected chi connectivity index (χ4v) is 5.73. The van der Waals surface area contributed by atoms with Crippen molar-refractivity contribution in [3.05, 3.63) is 60.8 Å². The van der Waals surface area contributed by atoms with Crippen LogP contribution in [0.25, 0.3) is 0 Å². The van der Waals surface area contributed by atoms with Crippen molar-refractivity contribution in [1.82, 2.24) is 0 Å². The van der Waals surface area contributed by atoms with Gasteiger partial charge in [0.2, 0.25) is 0 Å². The maximum absolute atomic E-state index is 12.5. The van der Waals surface area contributed by atoms with Crippen LogP contribution in [0.4, 0.5) is 0 Å². The standard InChI is InChI=1S/C41H71O8P/c1-4-7-9-11-13-15-17-19-20-21-22-24-26-28-30-32-34-36-41(43)49-39(38-48-50(44,45)47-6-3)37-46-40(42)35-33-31-29-27-25-23-18-16-14-12-10-8-5-2/h7,9-10,12-13,15-16,18-20,39H,4-6,8,11,14,17,21-38H2,1-3H3,(H,44,45)/b9-7-,12-10-,15-13-,18-16-,20-19-. The number of hydrogen-bond donors (Lipinski definition) is 1. The van der Waals surface area contributed by atoms with Crippen LogP contribution in [-0.4, -0.2) is 42.8 Å². The summed E-state index contributed by atoms with van der Waals surface area (Å²) >= 11 is 0. The highest BCUT2D eigenvalue weighted by Gasteiger charge is 2.25. The molecule has 0 aromatic heterocycles. The molecule has 2 unspecified atom stereocenters. The fraction of sp³-hybridized carbons (Fsp3) is 0.707. The van der Waals surface area contributed by atoms with Gasteiger partial charge in [-0.05, 0) is 77.6 Å². The Labute approximate surface area is 305 Å². The van der Waals surface area contributed by atoms with E-state index in [0.717, 1.165) is 96.3 Å². The molecule has 0 aromatic carbocycles. The SMILES string of the molecule is CC/C=C\C/C=C\C/C=C\CCCCCCCCCC(=O)OC(COC(=O)CCCCCCC/C=C\C/C=C\CCC)COP(=O)(O)OCC. The van der Waals surface area contributed by atoms with Crippen LogP contribution in [0.5, 0.6) is 0 Å². The average Bonchev–Trinajstić information content (AvgIpc) is 3.09. The highest BCUT2D eigenvalue weighted by Crippen LogP contribution is 2.43. The molecule has 0 saturated heterocycles. The van der Waals surface area contributed by atoms with Crippen molar-refractivity contribution >= 4 is 19.8 Å². The van der Waals surface area contributed by atoms with Crippen molar-refractivity contribution in [2.24, 2.45) is 0 Å². The first-order chi connectivity index (χ1) is 24.3. The molecule has 1 N–H and O–H groups in total. The van der Waals surface area contributed by atoms with E-state index in [4.69, 9.17) is 18.5 Å². The van der Waals surface area contributed by atoms with Crippen LogP contribution >= 0.6 is 7.82 Å². The van der Waals surface area contributed by atoms with E-state index in [2.05, 4.69) is 74.6 Å². The van der Waals surface area contributed by atoms with E-state index >= 15 is 0 Å². The zero-order valence-corrected chi connectivity index (χ0v) is 32.7. The summed E-state index contributed by atoms with van der Waals surface area (Å²) in [5.41, 5.74) is 0. The molecule has 0 bridgehead atoms. The molecule has 50 heavy (non-hydrogen) atoms. The van der Waals surface area contributed by atoms with E-state index < -0.39 is 26.5 Å². The molecule has 9 heteroatoms. The summed E-state index contributed by atoms with van der Waals surface area (Å²) in [5.74, 6) is -0.831. The molecule has 2 atom stereocenters. The topological polar surface area (TPSA) is 108 Å². The van der Waals surface area contributed by atoms with Gasteiger partial charge < -0.3 is 14.4 Å². The summed E-state index contributed by atoms with van der Waals surface area (Å²) in [6.07, 6.45) is 42.7. The molecule has 0 saturated carbocycles. The molecule has 0 heterocycles. The van der Waals surface area contributed by atoms with Gasteiger partial charge in [0.25, 0.3) is 0 Å². The van der Waals surface area contributed by atoms with Crippen LogP contribution < -0.4 is 0 Å². The van der Waals surface area contributed by atoms with Gasteiger partial charge in [-0.1, -0.05) is 132 Å². The molecule has 0 aromatic rings. The van der Waals surface area contributed by atoms with Gasteiger partial charge in [-0.15, -0.1) is 0 Å². The number of esters is 2. The molecule has 8 nitrogen and oxygen atoms in total. The summed E-state index contributed by atoms with van der Waals surface area (Å²) in [4.78, 5) is 34.6. The van der Waals surface area contributed by atoms with Crippen LogP contribution in [0.3, 0.4) is 0 Å². The van der Waals surface area contributed by atoms with E-state index in [1.165, 1.54) is 25.7 Å². The van der Waals surface area contributed by atoms with Gasteiger partial charge in [-0.3, -0.25) is 18.6 Å². The number of ether oxygens (including phenoxy) is 2. The Bertz CT molecular complexity index is 1000. The molecule has 0 aliphatic heterocycles. The number of unbranched alkanes of at least 4 members (excludes halogenated alkanes) is 13. The molecule has 0 fully saturated rings. The molecular formula is C41H71O8P. The number of carbonyl (C=O) groups is 2. The highest BCUT2D eigenvalue weighted by atomic mass is 31.2. The lowest BCUT2D eigenvalue weighted by Crippen LogP contribution is -2.29.